The van der Waals surface area contributed by atoms with Crippen LogP contribution in [0.2, 0.25) is 0 Å². The average molecular weight is 500 g/mol. The van der Waals surface area contributed by atoms with Crippen molar-refractivity contribution < 1.29 is 0 Å². The Hall–Kier alpha value is 0.220. The zero-order valence-corrected chi connectivity index (χ0v) is 15.4. The largest absolute Gasteiger partial charge is 0.245 e. The number of aromatic nitrogens is 2. The van der Waals surface area contributed by atoms with Crippen LogP contribution >= 0.6 is 63.7 Å². The average Bonchev–Trinajstić information content (AvgIpc) is 2.37. The zero-order valence-electron chi connectivity index (χ0n) is 9.03. The van der Waals surface area contributed by atoms with Gasteiger partial charge in [0.15, 0.2) is 0 Å². The molecule has 2 unspecified atom stereocenters. The van der Waals surface area contributed by atoms with Crippen LogP contribution in [-0.2, 0) is 0 Å². The third-order valence-electron chi connectivity index (χ3n) is 2.30. The normalized spacial score (nSPS) is 14.2. The highest BCUT2D eigenvalue weighted by Gasteiger charge is 2.22. The van der Waals surface area contributed by atoms with Crippen LogP contribution in [0, 0.1) is 0 Å². The van der Waals surface area contributed by atoms with Crippen molar-refractivity contribution in [3.05, 3.63) is 57.0 Å². The molecule has 0 radical (unpaired) electrons. The van der Waals surface area contributed by atoms with E-state index in [0.29, 0.717) is 0 Å². The molecular weight excluding hydrogens is 492 g/mol. The number of rotatable bonds is 3. The Morgan fingerprint density at radius 1 is 0.722 bits per heavy atom. The Labute approximate surface area is 139 Å². The molecule has 0 spiro atoms. The maximum atomic E-state index is 4.44. The van der Waals surface area contributed by atoms with Crippen LogP contribution in [0.5, 0.6) is 0 Å². The zero-order chi connectivity index (χ0) is 13.1. The summed E-state index contributed by atoms with van der Waals surface area (Å²) >= 11 is 14.1. The van der Waals surface area contributed by atoms with Crippen molar-refractivity contribution in [2.24, 2.45) is 0 Å². The third kappa shape index (κ3) is 3.62. The van der Waals surface area contributed by atoms with Crippen molar-refractivity contribution in [2.75, 3.05) is 0 Å². The van der Waals surface area contributed by atoms with Gasteiger partial charge in [-0.05, 0) is 56.1 Å². The molecule has 18 heavy (non-hydrogen) atoms. The smallest absolute Gasteiger partial charge is 0.106 e. The molecule has 0 bridgehead atoms. The predicted molar refractivity (Wildman–Crippen MR) is 87.2 cm³/mol. The number of nitrogens with zero attached hydrogens (tertiary/aromatic N) is 2. The third-order valence-corrected chi connectivity index (χ3v) is 5.88. The van der Waals surface area contributed by atoms with Gasteiger partial charge < -0.3 is 0 Å². The fourth-order valence-electron chi connectivity index (χ4n) is 1.45. The second-order valence-electron chi connectivity index (χ2n) is 3.57. The number of hydrogen-bond donors (Lipinski definition) is 0. The van der Waals surface area contributed by atoms with Gasteiger partial charge in [0.05, 0.1) is 21.0 Å². The number of alkyl halides is 2. The molecule has 0 aliphatic heterocycles. The first-order chi connectivity index (χ1) is 8.58. The molecule has 0 saturated heterocycles. The van der Waals surface area contributed by atoms with Crippen molar-refractivity contribution in [3.63, 3.8) is 0 Å². The molecule has 2 aromatic rings. The maximum Gasteiger partial charge on any atom is 0.106 e. The van der Waals surface area contributed by atoms with E-state index in [4.69, 9.17) is 0 Å². The highest BCUT2D eigenvalue weighted by Crippen LogP contribution is 2.41. The van der Waals surface area contributed by atoms with Gasteiger partial charge in [-0.1, -0.05) is 44.0 Å². The van der Waals surface area contributed by atoms with Gasteiger partial charge in [-0.25, -0.2) is 9.97 Å². The summed E-state index contributed by atoms with van der Waals surface area (Å²) in [5.41, 5.74) is 1.90. The van der Waals surface area contributed by atoms with Crippen molar-refractivity contribution in [1.29, 1.82) is 0 Å². The Morgan fingerprint density at radius 2 is 1.11 bits per heavy atom. The van der Waals surface area contributed by atoms with Crippen molar-refractivity contribution in [2.45, 2.75) is 9.65 Å². The molecule has 2 atom stereocenters. The minimum absolute atomic E-state index is 0.0526. The molecule has 0 saturated carbocycles. The first-order valence-corrected chi connectivity index (χ1v) is 8.52. The molecule has 0 fully saturated rings. The first-order valence-electron chi connectivity index (χ1n) is 5.11. The minimum Gasteiger partial charge on any atom is -0.245 e. The van der Waals surface area contributed by atoms with E-state index in [1.54, 1.807) is 0 Å². The summed E-state index contributed by atoms with van der Waals surface area (Å²) in [6.45, 7) is 0. The van der Waals surface area contributed by atoms with E-state index in [1.165, 1.54) is 0 Å². The highest BCUT2D eigenvalue weighted by atomic mass is 79.9. The Morgan fingerprint density at radius 3 is 1.44 bits per heavy atom. The number of hydrogen-bond acceptors (Lipinski definition) is 2. The van der Waals surface area contributed by atoms with Crippen LogP contribution in [-0.4, -0.2) is 9.97 Å². The van der Waals surface area contributed by atoms with Crippen molar-refractivity contribution >= 4 is 63.7 Å². The summed E-state index contributed by atoms with van der Waals surface area (Å²) in [4.78, 5) is 8.99. The van der Waals surface area contributed by atoms with Crippen LogP contribution in [0.3, 0.4) is 0 Å². The quantitative estimate of drug-likeness (QED) is 0.407. The first kappa shape index (κ1) is 14.6. The van der Waals surface area contributed by atoms with E-state index in [2.05, 4.69) is 73.7 Å². The van der Waals surface area contributed by atoms with Crippen LogP contribution < -0.4 is 0 Å². The molecule has 0 aliphatic carbocycles. The summed E-state index contributed by atoms with van der Waals surface area (Å²) in [7, 11) is 0. The Kier molecular flexibility index (Phi) is 5.35. The van der Waals surface area contributed by atoms with Gasteiger partial charge in [0.1, 0.15) is 9.21 Å². The second-order valence-corrected chi connectivity index (χ2v) is 7.17. The molecule has 6 heteroatoms. The molecule has 2 rings (SSSR count). The topological polar surface area (TPSA) is 25.8 Å². The lowest BCUT2D eigenvalue weighted by Crippen LogP contribution is -2.03. The van der Waals surface area contributed by atoms with E-state index in [0.717, 1.165) is 20.6 Å². The van der Waals surface area contributed by atoms with E-state index in [1.807, 2.05) is 36.4 Å². The van der Waals surface area contributed by atoms with Crippen molar-refractivity contribution in [1.82, 2.24) is 9.97 Å². The maximum absolute atomic E-state index is 4.44. The highest BCUT2D eigenvalue weighted by molar-refractivity contribution is 9.12. The van der Waals surface area contributed by atoms with Gasteiger partial charge in [0.25, 0.3) is 0 Å². The van der Waals surface area contributed by atoms with Gasteiger partial charge >= 0.3 is 0 Å². The van der Waals surface area contributed by atoms with Gasteiger partial charge in [-0.2, -0.15) is 0 Å². The lowest BCUT2D eigenvalue weighted by atomic mass is 10.1. The van der Waals surface area contributed by atoms with E-state index in [9.17, 15) is 0 Å². The molecule has 0 aromatic carbocycles. The summed E-state index contributed by atoms with van der Waals surface area (Å²) in [5, 5.41) is 0. The molecule has 0 N–H and O–H groups in total. The van der Waals surface area contributed by atoms with Crippen LogP contribution in [0.4, 0.5) is 0 Å². The lowest BCUT2D eigenvalue weighted by molar-refractivity contribution is 0.855. The number of pyridine rings is 2. The van der Waals surface area contributed by atoms with Crippen LogP contribution in [0.25, 0.3) is 0 Å². The van der Waals surface area contributed by atoms with Gasteiger partial charge in [-0.3, -0.25) is 0 Å². The van der Waals surface area contributed by atoms with Crippen molar-refractivity contribution in [3.8, 4) is 0 Å². The summed E-state index contributed by atoms with van der Waals surface area (Å²) in [6.07, 6.45) is 0. The summed E-state index contributed by atoms with van der Waals surface area (Å²) < 4.78 is 1.65. The van der Waals surface area contributed by atoms with E-state index in [-0.39, 0.29) is 9.65 Å². The Balaban J connectivity index is 2.26. The van der Waals surface area contributed by atoms with Gasteiger partial charge in [0.2, 0.25) is 0 Å². The molecule has 0 amide bonds. The van der Waals surface area contributed by atoms with Crippen LogP contribution in [0.1, 0.15) is 21.0 Å². The van der Waals surface area contributed by atoms with E-state index < -0.39 is 0 Å². The summed E-state index contributed by atoms with van der Waals surface area (Å²) in [5.74, 6) is 0. The van der Waals surface area contributed by atoms with Gasteiger partial charge in [0, 0.05) is 0 Å². The summed E-state index contributed by atoms with van der Waals surface area (Å²) in [6, 6.07) is 11.7. The second kappa shape index (κ2) is 6.59. The fraction of sp³-hybridized carbons (Fsp3) is 0.167. The van der Waals surface area contributed by atoms with Gasteiger partial charge in [-0.15, -0.1) is 0 Å². The minimum atomic E-state index is 0.0526. The van der Waals surface area contributed by atoms with E-state index >= 15 is 0 Å². The molecular formula is C12H8Br4N2. The molecule has 2 nitrogen and oxygen atoms in total. The fourth-order valence-corrected chi connectivity index (χ4v) is 3.22. The Bertz CT molecular complexity index is 498. The number of halogens is 4. The lowest BCUT2D eigenvalue weighted by Gasteiger charge is -2.16. The molecule has 0 aliphatic rings. The SMILES string of the molecule is Brc1cccc(C(Br)C(Br)c2cccc(Br)n2)n1. The molecule has 2 aromatic heterocycles. The molecule has 2 heterocycles. The monoisotopic (exact) mass is 496 g/mol. The van der Waals surface area contributed by atoms with Crippen LogP contribution in [0.15, 0.2) is 45.6 Å². The predicted octanol–water partition coefficient (Wildman–Crippen LogP) is 5.57. The molecule has 94 valence electrons. The standard InChI is InChI=1S/C12H8Br4N2/c13-9-5-1-3-7(17-9)11(15)12(16)8-4-2-6-10(14)18-8/h1-6,11-12H.